The van der Waals surface area contributed by atoms with Crippen LogP contribution in [0.3, 0.4) is 0 Å². The highest BCUT2D eigenvalue weighted by Gasteiger charge is 2.23. The summed E-state index contributed by atoms with van der Waals surface area (Å²) in [4.78, 5) is 34.1. The SMILES string of the molecule is CCc1ccc(C(=O)NC(CCOC(C)(C)C)C(=O)O)cc1[N+](=O)[O-]. The van der Waals surface area contributed by atoms with Crippen LogP contribution in [0.25, 0.3) is 0 Å². The fourth-order valence-electron chi connectivity index (χ4n) is 2.16. The van der Waals surface area contributed by atoms with Gasteiger partial charge in [0.05, 0.1) is 10.5 Å². The molecule has 0 aliphatic heterocycles. The van der Waals surface area contributed by atoms with Crippen LogP contribution in [0.2, 0.25) is 0 Å². The molecule has 0 radical (unpaired) electrons. The number of rotatable bonds is 8. The second kappa shape index (κ2) is 8.57. The minimum absolute atomic E-state index is 0.0480. The highest BCUT2D eigenvalue weighted by atomic mass is 16.6. The molecular weight excluding hydrogens is 328 g/mol. The fraction of sp³-hybridized carbons (Fsp3) is 0.529. The number of amides is 1. The summed E-state index contributed by atoms with van der Waals surface area (Å²) in [6.07, 6.45) is 0.549. The predicted octanol–water partition coefficient (Wildman–Crippen LogP) is 2.55. The van der Waals surface area contributed by atoms with Gasteiger partial charge in [-0.05, 0) is 33.3 Å². The number of aliphatic carboxylic acids is 1. The third-order valence-electron chi connectivity index (χ3n) is 3.47. The number of carbonyl (C=O) groups excluding carboxylic acids is 1. The average Bonchev–Trinajstić information content (AvgIpc) is 2.51. The molecule has 0 bridgehead atoms. The first kappa shape index (κ1) is 20.6. The Kier molecular flexibility index (Phi) is 7.05. The van der Waals surface area contributed by atoms with E-state index in [1.54, 1.807) is 6.92 Å². The van der Waals surface area contributed by atoms with E-state index in [4.69, 9.17) is 4.74 Å². The van der Waals surface area contributed by atoms with E-state index in [1.165, 1.54) is 18.2 Å². The van der Waals surface area contributed by atoms with Crippen molar-refractivity contribution in [2.45, 2.75) is 52.2 Å². The van der Waals surface area contributed by atoms with Crippen molar-refractivity contribution in [3.05, 3.63) is 39.4 Å². The maximum atomic E-state index is 12.3. The van der Waals surface area contributed by atoms with Crippen molar-refractivity contribution >= 4 is 17.6 Å². The van der Waals surface area contributed by atoms with Crippen LogP contribution in [0.5, 0.6) is 0 Å². The summed E-state index contributed by atoms with van der Waals surface area (Å²) < 4.78 is 5.47. The number of nitro groups is 1. The zero-order valence-electron chi connectivity index (χ0n) is 14.9. The van der Waals surface area contributed by atoms with Gasteiger partial charge < -0.3 is 15.2 Å². The number of hydrogen-bond donors (Lipinski definition) is 2. The summed E-state index contributed by atoms with van der Waals surface area (Å²) in [6.45, 7) is 7.47. The Hall–Kier alpha value is -2.48. The summed E-state index contributed by atoms with van der Waals surface area (Å²) in [6, 6.07) is 2.98. The predicted molar refractivity (Wildman–Crippen MR) is 91.7 cm³/mol. The Balaban J connectivity index is 2.85. The Morgan fingerprint density at radius 2 is 2.00 bits per heavy atom. The molecule has 0 saturated heterocycles. The van der Waals surface area contributed by atoms with Gasteiger partial charge in [0.1, 0.15) is 6.04 Å². The van der Waals surface area contributed by atoms with Gasteiger partial charge in [0.2, 0.25) is 0 Å². The van der Waals surface area contributed by atoms with Gasteiger partial charge in [0.25, 0.3) is 11.6 Å². The topological polar surface area (TPSA) is 119 Å². The second-order valence-corrected chi connectivity index (χ2v) is 6.57. The third kappa shape index (κ3) is 6.50. The molecule has 138 valence electrons. The Bertz CT molecular complexity index is 651. The van der Waals surface area contributed by atoms with Crippen LogP contribution in [-0.2, 0) is 16.0 Å². The number of aryl methyl sites for hydroxylation is 1. The Morgan fingerprint density at radius 1 is 1.36 bits per heavy atom. The molecule has 25 heavy (non-hydrogen) atoms. The van der Waals surface area contributed by atoms with Crippen molar-refractivity contribution in [2.24, 2.45) is 0 Å². The first-order chi connectivity index (χ1) is 11.5. The molecule has 2 N–H and O–H groups in total. The van der Waals surface area contributed by atoms with Crippen molar-refractivity contribution in [3.8, 4) is 0 Å². The van der Waals surface area contributed by atoms with E-state index in [2.05, 4.69) is 5.32 Å². The van der Waals surface area contributed by atoms with E-state index in [9.17, 15) is 24.8 Å². The maximum Gasteiger partial charge on any atom is 0.326 e. The number of hydrogen-bond acceptors (Lipinski definition) is 5. The Morgan fingerprint density at radius 3 is 2.48 bits per heavy atom. The fourth-order valence-corrected chi connectivity index (χ4v) is 2.16. The van der Waals surface area contributed by atoms with Crippen LogP contribution in [0.4, 0.5) is 5.69 Å². The van der Waals surface area contributed by atoms with Crippen LogP contribution in [0.1, 0.15) is 50.0 Å². The molecule has 8 nitrogen and oxygen atoms in total. The zero-order chi connectivity index (χ0) is 19.2. The largest absolute Gasteiger partial charge is 0.480 e. The minimum atomic E-state index is -1.19. The summed E-state index contributed by atoms with van der Waals surface area (Å²) in [5.41, 5.74) is -0.0104. The van der Waals surface area contributed by atoms with E-state index in [0.717, 1.165) is 0 Å². The van der Waals surface area contributed by atoms with Gasteiger partial charge in [-0.15, -0.1) is 0 Å². The number of carboxylic acid groups (broad SMARTS) is 1. The highest BCUT2D eigenvalue weighted by molar-refractivity contribution is 5.97. The quantitative estimate of drug-likeness (QED) is 0.548. The molecule has 8 heteroatoms. The molecule has 1 rings (SSSR count). The standard InChI is InChI=1S/C17H24N2O6/c1-5-11-6-7-12(10-14(11)19(23)24)15(20)18-13(16(21)22)8-9-25-17(2,3)4/h6-7,10,13H,5,8-9H2,1-4H3,(H,18,20)(H,21,22). The molecule has 0 aliphatic rings. The smallest absolute Gasteiger partial charge is 0.326 e. The van der Waals surface area contributed by atoms with Gasteiger partial charge in [-0.25, -0.2) is 4.79 Å². The van der Waals surface area contributed by atoms with Crippen molar-refractivity contribution in [1.29, 1.82) is 0 Å². The van der Waals surface area contributed by atoms with Crippen LogP contribution in [-0.4, -0.2) is 40.2 Å². The molecule has 1 amide bonds. The number of nitrogens with one attached hydrogen (secondary N) is 1. The number of carboxylic acids is 1. The molecule has 1 aromatic carbocycles. The van der Waals surface area contributed by atoms with Crippen molar-refractivity contribution in [2.75, 3.05) is 6.61 Å². The summed E-state index contributed by atoms with van der Waals surface area (Å²) in [7, 11) is 0. The number of nitrogens with zero attached hydrogens (tertiary/aromatic N) is 1. The van der Waals surface area contributed by atoms with E-state index in [-0.39, 0.29) is 24.3 Å². The summed E-state index contributed by atoms with van der Waals surface area (Å²) in [5.74, 6) is -1.86. The first-order valence-electron chi connectivity index (χ1n) is 8.00. The molecule has 1 atom stereocenters. The molecule has 0 saturated carbocycles. The van der Waals surface area contributed by atoms with Gasteiger partial charge in [-0.3, -0.25) is 14.9 Å². The summed E-state index contributed by atoms with van der Waals surface area (Å²) in [5, 5.41) is 22.7. The third-order valence-corrected chi connectivity index (χ3v) is 3.47. The van der Waals surface area contributed by atoms with E-state index in [0.29, 0.717) is 12.0 Å². The van der Waals surface area contributed by atoms with Crippen LogP contribution >= 0.6 is 0 Å². The molecule has 0 aliphatic carbocycles. The van der Waals surface area contributed by atoms with Gasteiger partial charge in [0.15, 0.2) is 0 Å². The molecule has 1 unspecified atom stereocenters. The van der Waals surface area contributed by atoms with Crippen LogP contribution in [0, 0.1) is 10.1 Å². The first-order valence-corrected chi connectivity index (χ1v) is 8.00. The minimum Gasteiger partial charge on any atom is -0.480 e. The maximum absolute atomic E-state index is 12.3. The highest BCUT2D eigenvalue weighted by Crippen LogP contribution is 2.21. The van der Waals surface area contributed by atoms with Crippen molar-refractivity contribution < 1.29 is 24.4 Å². The summed E-state index contributed by atoms with van der Waals surface area (Å²) >= 11 is 0. The average molecular weight is 352 g/mol. The van der Waals surface area contributed by atoms with Gasteiger partial charge >= 0.3 is 5.97 Å². The lowest BCUT2D eigenvalue weighted by molar-refractivity contribution is -0.385. The lowest BCUT2D eigenvalue weighted by Crippen LogP contribution is -2.42. The van der Waals surface area contributed by atoms with Gasteiger partial charge in [-0.1, -0.05) is 13.0 Å². The molecule has 0 fully saturated rings. The molecule has 0 aromatic heterocycles. The van der Waals surface area contributed by atoms with E-state index < -0.39 is 28.4 Å². The normalized spacial score (nSPS) is 12.5. The van der Waals surface area contributed by atoms with Gasteiger partial charge in [0, 0.05) is 30.2 Å². The Labute approximate surface area is 146 Å². The van der Waals surface area contributed by atoms with Crippen molar-refractivity contribution in [1.82, 2.24) is 5.32 Å². The van der Waals surface area contributed by atoms with Gasteiger partial charge in [-0.2, -0.15) is 0 Å². The lowest BCUT2D eigenvalue weighted by Gasteiger charge is -2.21. The van der Waals surface area contributed by atoms with E-state index >= 15 is 0 Å². The molecule has 0 spiro atoms. The van der Waals surface area contributed by atoms with Crippen LogP contribution < -0.4 is 5.32 Å². The molecule has 1 aromatic rings. The molecule has 0 heterocycles. The van der Waals surface area contributed by atoms with E-state index in [1.807, 2.05) is 20.8 Å². The lowest BCUT2D eigenvalue weighted by atomic mass is 10.1. The molecular formula is C17H24N2O6. The monoisotopic (exact) mass is 352 g/mol. The zero-order valence-corrected chi connectivity index (χ0v) is 14.9. The number of carbonyl (C=O) groups is 2. The number of benzene rings is 1. The number of nitro benzene ring substituents is 1. The second-order valence-electron chi connectivity index (χ2n) is 6.57. The van der Waals surface area contributed by atoms with Crippen molar-refractivity contribution in [3.63, 3.8) is 0 Å². The van der Waals surface area contributed by atoms with Crippen LogP contribution in [0.15, 0.2) is 18.2 Å². The number of ether oxygens (including phenoxy) is 1.